The summed E-state index contributed by atoms with van der Waals surface area (Å²) in [5, 5.41) is 0. The highest BCUT2D eigenvalue weighted by Gasteiger charge is 2.19. The van der Waals surface area contributed by atoms with Crippen LogP contribution in [0.25, 0.3) is 0 Å². The predicted octanol–water partition coefficient (Wildman–Crippen LogP) is 7.93. The Morgan fingerprint density at radius 3 is 1.32 bits per heavy atom. The van der Waals surface area contributed by atoms with Crippen LogP contribution in [0.1, 0.15) is 143 Å². The first-order chi connectivity index (χ1) is 18.3. The molecule has 0 aliphatic carbocycles. The third-order valence-corrected chi connectivity index (χ3v) is 7.43. The molecule has 0 bridgehead atoms. The first-order valence-electron chi connectivity index (χ1n) is 14.7. The molecule has 1 rings (SSSR count). The van der Waals surface area contributed by atoms with E-state index in [4.69, 9.17) is 14.0 Å². The summed E-state index contributed by atoms with van der Waals surface area (Å²) in [6, 6.07) is 6.23. The third kappa shape index (κ3) is 18.3. The second-order valence-electron chi connectivity index (χ2n) is 10.1. The van der Waals surface area contributed by atoms with Crippen LogP contribution in [0, 0.1) is 0 Å². The predicted molar refractivity (Wildman–Crippen MR) is 152 cm³/mol. The minimum Gasteiger partial charge on any atom is -0.462 e. The number of carbonyl (C=O) groups excluding carboxylic acids is 2. The van der Waals surface area contributed by atoms with Gasteiger partial charge in [0.15, 0.2) is 0 Å². The molecule has 0 radical (unpaired) electrons. The van der Waals surface area contributed by atoms with E-state index in [9.17, 15) is 18.0 Å². The summed E-state index contributed by atoms with van der Waals surface area (Å²) in [4.78, 5) is 24.8. The molecule has 1 aromatic rings. The minimum absolute atomic E-state index is 0.0313. The molecule has 8 heteroatoms. The van der Waals surface area contributed by atoms with E-state index in [-0.39, 0.29) is 24.2 Å². The maximum Gasteiger partial charge on any atom is 0.339 e. The SMILES string of the molecule is CCCCCCCCCCCCCCCCCCCOC(=O)c1ccccc1C(=O)OCCCS(=O)(=O)O. The zero-order chi connectivity index (χ0) is 27.9. The number of esters is 2. The average molecular weight is 555 g/mol. The Morgan fingerprint density at radius 2 is 0.947 bits per heavy atom. The van der Waals surface area contributed by atoms with Gasteiger partial charge in [0.1, 0.15) is 0 Å². The van der Waals surface area contributed by atoms with Gasteiger partial charge in [0.05, 0.1) is 30.1 Å². The Kier molecular flexibility index (Phi) is 19.7. The van der Waals surface area contributed by atoms with Gasteiger partial charge < -0.3 is 9.47 Å². The van der Waals surface area contributed by atoms with Gasteiger partial charge in [-0.3, -0.25) is 4.55 Å². The van der Waals surface area contributed by atoms with E-state index in [1.165, 1.54) is 102 Å². The van der Waals surface area contributed by atoms with E-state index < -0.39 is 27.8 Å². The molecule has 0 atom stereocenters. The number of unbranched alkanes of at least 4 members (excludes halogenated alkanes) is 16. The van der Waals surface area contributed by atoms with Crippen LogP contribution in [0.5, 0.6) is 0 Å². The normalized spacial score (nSPS) is 11.4. The summed E-state index contributed by atoms with van der Waals surface area (Å²) >= 11 is 0. The van der Waals surface area contributed by atoms with Crippen LogP contribution >= 0.6 is 0 Å². The first-order valence-corrected chi connectivity index (χ1v) is 16.3. The van der Waals surface area contributed by atoms with E-state index in [1.807, 2.05) is 0 Å². The summed E-state index contributed by atoms with van der Waals surface area (Å²) in [7, 11) is -4.11. The number of rotatable bonds is 24. The second kappa shape index (κ2) is 21.9. The zero-order valence-electron chi connectivity index (χ0n) is 23.5. The number of benzene rings is 1. The fraction of sp³-hybridized carbons (Fsp3) is 0.733. The van der Waals surface area contributed by atoms with Crippen LogP contribution < -0.4 is 0 Å². The van der Waals surface area contributed by atoms with Crippen LogP contribution in [0.3, 0.4) is 0 Å². The molecule has 0 spiro atoms. The van der Waals surface area contributed by atoms with Crippen LogP contribution in [0.4, 0.5) is 0 Å². The van der Waals surface area contributed by atoms with Crippen molar-refractivity contribution in [2.75, 3.05) is 19.0 Å². The molecular weight excluding hydrogens is 504 g/mol. The Labute approximate surface area is 230 Å². The fourth-order valence-electron chi connectivity index (χ4n) is 4.39. The van der Waals surface area contributed by atoms with Crippen LogP contribution in [-0.2, 0) is 19.6 Å². The molecule has 218 valence electrons. The van der Waals surface area contributed by atoms with Crippen LogP contribution in [0.2, 0.25) is 0 Å². The molecule has 0 amide bonds. The molecule has 1 N–H and O–H groups in total. The van der Waals surface area contributed by atoms with Crippen molar-refractivity contribution in [1.29, 1.82) is 0 Å². The highest BCUT2D eigenvalue weighted by atomic mass is 32.2. The van der Waals surface area contributed by atoms with Crippen LogP contribution in [-0.4, -0.2) is 43.9 Å². The van der Waals surface area contributed by atoms with E-state index >= 15 is 0 Å². The van der Waals surface area contributed by atoms with Crippen molar-refractivity contribution in [3.05, 3.63) is 35.4 Å². The highest BCUT2D eigenvalue weighted by Crippen LogP contribution is 2.15. The minimum atomic E-state index is -4.11. The van der Waals surface area contributed by atoms with Crippen molar-refractivity contribution in [3.8, 4) is 0 Å². The van der Waals surface area contributed by atoms with E-state index in [1.54, 1.807) is 12.1 Å². The second-order valence-corrected chi connectivity index (χ2v) is 11.7. The summed E-state index contributed by atoms with van der Waals surface area (Å²) in [5.74, 6) is -1.80. The standard InChI is InChI=1S/C30H50O7S/c1-2-3-4-5-6-7-8-9-10-11-12-13-14-15-16-17-20-24-36-29(31)27-22-18-19-23-28(27)30(32)37-25-21-26-38(33,34)35/h18-19,22-23H,2-17,20-21,24-26H2,1H3,(H,33,34,35). The van der Waals surface area contributed by atoms with Crippen molar-refractivity contribution < 1.29 is 32.0 Å². The van der Waals surface area contributed by atoms with Gasteiger partial charge in [-0.15, -0.1) is 0 Å². The van der Waals surface area contributed by atoms with Crippen molar-refractivity contribution in [2.24, 2.45) is 0 Å². The molecule has 1 aromatic carbocycles. The number of hydrogen-bond acceptors (Lipinski definition) is 6. The van der Waals surface area contributed by atoms with Crippen LogP contribution in [0.15, 0.2) is 24.3 Å². The molecule has 0 unspecified atom stereocenters. The quantitative estimate of drug-likeness (QED) is 0.0785. The lowest BCUT2D eigenvalue weighted by Gasteiger charge is -2.10. The topological polar surface area (TPSA) is 107 Å². The molecule has 0 aromatic heterocycles. The van der Waals surface area contributed by atoms with E-state index in [0.717, 1.165) is 19.3 Å². The van der Waals surface area contributed by atoms with Crippen molar-refractivity contribution in [1.82, 2.24) is 0 Å². The molecule has 0 fully saturated rings. The van der Waals surface area contributed by atoms with Gasteiger partial charge in [-0.25, -0.2) is 9.59 Å². The summed E-state index contributed by atoms with van der Waals surface area (Å²) in [6.45, 7) is 2.38. The Balaban J connectivity index is 2.05. The van der Waals surface area contributed by atoms with Gasteiger partial charge in [0.25, 0.3) is 10.1 Å². The van der Waals surface area contributed by atoms with Crippen molar-refractivity contribution in [2.45, 2.75) is 122 Å². The molecule has 0 heterocycles. The summed E-state index contributed by atoms with van der Waals surface area (Å²) in [6.07, 6.45) is 21.8. The maximum atomic E-state index is 12.5. The number of ether oxygens (including phenoxy) is 2. The molecule has 0 saturated heterocycles. The van der Waals surface area contributed by atoms with Gasteiger partial charge in [-0.2, -0.15) is 8.42 Å². The smallest absolute Gasteiger partial charge is 0.339 e. The molecule has 0 saturated carbocycles. The number of carbonyl (C=O) groups is 2. The summed E-state index contributed by atoms with van der Waals surface area (Å²) in [5.41, 5.74) is 0.200. The Bertz CT molecular complexity index is 867. The third-order valence-electron chi connectivity index (χ3n) is 6.63. The van der Waals surface area contributed by atoms with Gasteiger partial charge in [0, 0.05) is 0 Å². The molecule has 0 aliphatic rings. The average Bonchev–Trinajstić information content (AvgIpc) is 2.89. The van der Waals surface area contributed by atoms with Gasteiger partial charge in [-0.1, -0.05) is 122 Å². The molecule has 38 heavy (non-hydrogen) atoms. The Morgan fingerprint density at radius 1 is 0.605 bits per heavy atom. The molecular formula is C30H50O7S. The lowest BCUT2D eigenvalue weighted by Crippen LogP contribution is -2.16. The fourth-order valence-corrected chi connectivity index (χ4v) is 4.88. The highest BCUT2D eigenvalue weighted by molar-refractivity contribution is 7.85. The largest absolute Gasteiger partial charge is 0.462 e. The summed E-state index contributed by atoms with van der Waals surface area (Å²) < 4.78 is 40.6. The monoisotopic (exact) mass is 554 g/mol. The molecule has 0 aliphatic heterocycles. The maximum absolute atomic E-state index is 12.5. The van der Waals surface area contributed by atoms with E-state index in [0.29, 0.717) is 6.61 Å². The van der Waals surface area contributed by atoms with Crippen molar-refractivity contribution >= 4 is 22.1 Å². The van der Waals surface area contributed by atoms with Crippen molar-refractivity contribution in [3.63, 3.8) is 0 Å². The lowest BCUT2D eigenvalue weighted by atomic mass is 10.0. The van der Waals surface area contributed by atoms with Gasteiger partial charge in [-0.05, 0) is 25.0 Å². The van der Waals surface area contributed by atoms with E-state index in [2.05, 4.69) is 6.92 Å². The van der Waals surface area contributed by atoms with Gasteiger partial charge >= 0.3 is 11.9 Å². The number of hydrogen-bond donors (Lipinski definition) is 1. The first kappa shape index (κ1) is 34.1. The lowest BCUT2D eigenvalue weighted by molar-refractivity contribution is 0.0454. The zero-order valence-corrected chi connectivity index (χ0v) is 24.3. The molecule has 7 nitrogen and oxygen atoms in total. The Hall–Kier alpha value is -1.93. The van der Waals surface area contributed by atoms with Gasteiger partial charge in [0.2, 0.25) is 0 Å².